The SMILES string of the molecule is O=C(CSc1n[nH]c(=O)n1CC1CCCO1)NC(C1CC1)C1CC1. The highest BCUT2D eigenvalue weighted by Crippen LogP contribution is 2.44. The van der Waals surface area contributed by atoms with Crippen molar-refractivity contribution in [3.8, 4) is 0 Å². The molecule has 132 valence electrons. The number of carbonyl (C=O) groups is 1. The number of aromatic amines is 1. The van der Waals surface area contributed by atoms with E-state index in [-0.39, 0.29) is 17.7 Å². The molecule has 2 N–H and O–H groups in total. The number of amides is 1. The van der Waals surface area contributed by atoms with Gasteiger partial charge in [-0.25, -0.2) is 9.89 Å². The van der Waals surface area contributed by atoms with Gasteiger partial charge in [-0.3, -0.25) is 9.36 Å². The predicted octanol–water partition coefficient (Wildman–Crippen LogP) is 1.15. The van der Waals surface area contributed by atoms with Gasteiger partial charge in [0.2, 0.25) is 5.91 Å². The lowest BCUT2D eigenvalue weighted by Crippen LogP contribution is -2.39. The number of hydrogen-bond donors (Lipinski definition) is 2. The summed E-state index contributed by atoms with van der Waals surface area (Å²) in [5, 5.41) is 10.3. The molecule has 2 saturated carbocycles. The fourth-order valence-electron chi connectivity index (χ4n) is 3.46. The number of H-pyrrole nitrogens is 1. The molecular formula is C16H24N4O3S. The quantitative estimate of drug-likeness (QED) is 0.685. The summed E-state index contributed by atoms with van der Waals surface area (Å²) in [6.45, 7) is 1.26. The van der Waals surface area contributed by atoms with Gasteiger partial charge in [0.15, 0.2) is 5.16 Å². The summed E-state index contributed by atoms with van der Waals surface area (Å²) in [5.41, 5.74) is -0.234. The largest absolute Gasteiger partial charge is 0.376 e. The van der Waals surface area contributed by atoms with Gasteiger partial charge in [0.1, 0.15) is 0 Å². The van der Waals surface area contributed by atoms with Crippen LogP contribution in [0.15, 0.2) is 9.95 Å². The molecule has 24 heavy (non-hydrogen) atoms. The monoisotopic (exact) mass is 352 g/mol. The molecule has 0 spiro atoms. The standard InChI is InChI=1S/C16H24N4O3S/c21-13(17-14(10-3-4-10)11-5-6-11)9-24-16-19-18-15(22)20(16)8-12-2-1-7-23-12/h10-12,14H,1-9H2,(H,17,21)(H,18,22). The van der Waals surface area contributed by atoms with E-state index in [0.717, 1.165) is 19.4 Å². The molecule has 0 radical (unpaired) electrons. The molecule has 1 atom stereocenters. The highest BCUT2D eigenvalue weighted by atomic mass is 32.2. The van der Waals surface area contributed by atoms with Gasteiger partial charge in [-0.15, -0.1) is 5.10 Å². The summed E-state index contributed by atoms with van der Waals surface area (Å²) in [4.78, 5) is 24.2. The highest BCUT2D eigenvalue weighted by Gasteiger charge is 2.42. The highest BCUT2D eigenvalue weighted by molar-refractivity contribution is 7.99. The summed E-state index contributed by atoms with van der Waals surface area (Å²) >= 11 is 1.32. The van der Waals surface area contributed by atoms with Crippen molar-refractivity contribution in [2.75, 3.05) is 12.4 Å². The minimum Gasteiger partial charge on any atom is -0.376 e. The van der Waals surface area contributed by atoms with Gasteiger partial charge in [0, 0.05) is 12.6 Å². The van der Waals surface area contributed by atoms with Crippen molar-refractivity contribution < 1.29 is 9.53 Å². The Kier molecular flexibility index (Phi) is 4.67. The van der Waals surface area contributed by atoms with Crippen LogP contribution in [0.2, 0.25) is 0 Å². The molecule has 3 aliphatic rings. The van der Waals surface area contributed by atoms with E-state index in [4.69, 9.17) is 4.74 Å². The Morgan fingerprint density at radius 2 is 2.08 bits per heavy atom. The second-order valence-corrected chi connectivity index (χ2v) is 8.06. The molecule has 1 unspecified atom stereocenters. The zero-order valence-corrected chi connectivity index (χ0v) is 14.5. The zero-order chi connectivity index (χ0) is 16.5. The first-order valence-electron chi connectivity index (χ1n) is 8.89. The first kappa shape index (κ1) is 16.2. The first-order valence-corrected chi connectivity index (χ1v) is 9.88. The number of aromatic nitrogens is 3. The number of thioether (sulfide) groups is 1. The van der Waals surface area contributed by atoms with Crippen LogP contribution >= 0.6 is 11.8 Å². The Labute approximate surface area is 144 Å². The van der Waals surface area contributed by atoms with E-state index in [2.05, 4.69) is 15.5 Å². The average molecular weight is 352 g/mol. The second-order valence-electron chi connectivity index (χ2n) is 7.11. The van der Waals surface area contributed by atoms with Crippen molar-refractivity contribution in [2.24, 2.45) is 11.8 Å². The van der Waals surface area contributed by atoms with Gasteiger partial charge in [0.05, 0.1) is 18.4 Å². The Hall–Kier alpha value is -1.28. The molecule has 1 amide bonds. The molecule has 1 aromatic rings. The molecule has 1 aliphatic heterocycles. The summed E-state index contributed by atoms with van der Waals surface area (Å²) in [6, 6.07) is 0.367. The molecule has 0 bridgehead atoms. The number of nitrogens with one attached hydrogen (secondary N) is 2. The predicted molar refractivity (Wildman–Crippen MR) is 89.9 cm³/mol. The molecule has 1 aromatic heterocycles. The molecule has 2 aliphatic carbocycles. The number of carbonyl (C=O) groups excluding carboxylic acids is 1. The smallest absolute Gasteiger partial charge is 0.344 e. The van der Waals surface area contributed by atoms with Crippen LogP contribution in [0.1, 0.15) is 38.5 Å². The van der Waals surface area contributed by atoms with E-state index >= 15 is 0 Å². The van der Waals surface area contributed by atoms with Gasteiger partial charge >= 0.3 is 5.69 Å². The molecule has 1 saturated heterocycles. The maximum absolute atomic E-state index is 12.3. The third-order valence-electron chi connectivity index (χ3n) is 5.05. The van der Waals surface area contributed by atoms with E-state index in [9.17, 15) is 9.59 Å². The Balaban J connectivity index is 1.31. The Morgan fingerprint density at radius 1 is 1.33 bits per heavy atom. The van der Waals surface area contributed by atoms with E-state index in [0.29, 0.717) is 35.3 Å². The van der Waals surface area contributed by atoms with Gasteiger partial charge in [-0.1, -0.05) is 11.8 Å². The summed E-state index contributed by atoms with van der Waals surface area (Å²) in [7, 11) is 0. The van der Waals surface area contributed by atoms with Crippen LogP contribution in [-0.4, -0.2) is 45.2 Å². The third-order valence-corrected chi connectivity index (χ3v) is 6.03. The van der Waals surface area contributed by atoms with Crippen molar-refractivity contribution in [2.45, 2.75) is 62.4 Å². The van der Waals surface area contributed by atoms with Crippen LogP contribution < -0.4 is 11.0 Å². The van der Waals surface area contributed by atoms with Crippen LogP contribution in [0.25, 0.3) is 0 Å². The van der Waals surface area contributed by atoms with E-state index < -0.39 is 0 Å². The second kappa shape index (κ2) is 6.92. The van der Waals surface area contributed by atoms with Crippen LogP contribution in [0.3, 0.4) is 0 Å². The van der Waals surface area contributed by atoms with Crippen molar-refractivity contribution in [3.63, 3.8) is 0 Å². The molecular weight excluding hydrogens is 328 g/mol. The number of ether oxygens (including phenoxy) is 1. The van der Waals surface area contributed by atoms with Crippen LogP contribution in [-0.2, 0) is 16.1 Å². The van der Waals surface area contributed by atoms with Gasteiger partial charge in [-0.2, -0.15) is 0 Å². The fraction of sp³-hybridized carbons (Fsp3) is 0.812. The lowest BCUT2D eigenvalue weighted by atomic mass is 10.1. The zero-order valence-electron chi connectivity index (χ0n) is 13.7. The van der Waals surface area contributed by atoms with Gasteiger partial charge in [0.25, 0.3) is 0 Å². The summed E-state index contributed by atoms with van der Waals surface area (Å²) in [5.74, 6) is 1.72. The van der Waals surface area contributed by atoms with Crippen molar-refractivity contribution in [1.82, 2.24) is 20.1 Å². The number of rotatable bonds is 8. The number of nitrogens with zero attached hydrogens (tertiary/aromatic N) is 2. The van der Waals surface area contributed by atoms with Crippen LogP contribution in [0, 0.1) is 11.8 Å². The molecule has 7 nitrogen and oxygen atoms in total. The average Bonchev–Trinajstić information content (AvgIpc) is 3.50. The lowest BCUT2D eigenvalue weighted by Gasteiger charge is -2.17. The van der Waals surface area contributed by atoms with Crippen molar-refractivity contribution >= 4 is 17.7 Å². The van der Waals surface area contributed by atoms with E-state index in [1.54, 1.807) is 4.57 Å². The van der Waals surface area contributed by atoms with Crippen molar-refractivity contribution in [3.05, 3.63) is 10.5 Å². The normalized spacial score (nSPS) is 23.8. The first-order chi connectivity index (χ1) is 11.7. The van der Waals surface area contributed by atoms with Gasteiger partial charge < -0.3 is 10.1 Å². The summed E-state index contributed by atoms with van der Waals surface area (Å²) < 4.78 is 7.18. The van der Waals surface area contributed by atoms with E-state index in [1.165, 1.54) is 37.4 Å². The summed E-state index contributed by atoms with van der Waals surface area (Å²) in [6.07, 6.45) is 7.05. The van der Waals surface area contributed by atoms with Crippen molar-refractivity contribution in [1.29, 1.82) is 0 Å². The van der Waals surface area contributed by atoms with Crippen LogP contribution in [0.5, 0.6) is 0 Å². The fourth-order valence-corrected chi connectivity index (χ4v) is 4.22. The maximum Gasteiger partial charge on any atom is 0.344 e. The van der Waals surface area contributed by atoms with Gasteiger partial charge in [-0.05, 0) is 50.4 Å². The molecule has 8 heteroatoms. The maximum atomic E-state index is 12.3. The molecule has 3 fully saturated rings. The lowest BCUT2D eigenvalue weighted by molar-refractivity contribution is -0.119. The third kappa shape index (κ3) is 3.85. The molecule has 0 aromatic carbocycles. The topological polar surface area (TPSA) is 89.0 Å². The minimum absolute atomic E-state index is 0.0444. The molecule has 2 heterocycles. The minimum atomic E-state index is -0.234. The Bertz CT molecular complexity index is 632. The number of hydrogen-bond acceptors (Lipinski definition) is 5. The Morgan fingerprint density at radius 3 is 2.71 bits per heavy atom. The van der Waals surface area contributed by atoms with Crippen LogP contribution in [0.4, 0.5) is 0 Å². The molecule has 4 rings (SSSR count). The van der Waals surface area contributed by atoms with E-state index in [1.807, 2.05) is 0 Å².